The topological polar surface area (TPSA) is 59.8 Å². The summed E-state index contributed by atoms with van der Waals surface area (Å²) in [5, 5.41) is 0.462. The van der Waals surface area contributed by atoms with Gasteiger partial charge in [0.1, 0.15) is 11.3 Å². The molecular formula is C26H21NO4. The summed E-state index contributed by atoms with van der Waals surface area (Å²) in [6.45, 7) is 4.03. The van der Waals surface area contributed by atoms with Crippen molar-refractivity contribution in [2.75, 3.05) is 12.0 Å². The lowest BCUT2D eigenvalue weighted by molar-refractivity contribution is 0.0971. The number of aryl methyl sites for hydroxylation is 2. The van der Waals surface area contributed by atoms with Crippen molar-refractivity contribution in [1.82, 2.24) is 0 Å². The van der Waals surface area contributed by atoms with Gasteiger partial charge in [-0.1, -0.05) is 30.3 Å². The molecule has 1 amide bonds. The summed E-state index contributed by atoms with van der Waals surface area (Å²) >= 11 is 0. The first-order valence-electron chi connectivity index (χ1n) is 10.1. The van der Waals surface area contributed by atoms with Crippen LogP contribution in [-0.4, -0.2) is 13.0 Å². The van der Waals surface area contributed by atoms with E-state index in [1.54, 1.807) is 36.3 Å². The third kappa shape index (κ3) is 2.93. The van der Waals surface area contributed by atoms with Crippen LogP contribution in [-0.2, 0) is 0 Å². The number of carbonyl (C=O) groups excluding carboxylic acids is 1. The molecule has 1 atom stereocenters. The minimum atomic E-state index is -0.611. The molecule has 0 radical (unpaired) electrons. The fraction of sp³-hybridized carbons (Fsp3) is 0.154. The van der Waals surface area contributed by atoms with Crippen LogP contribution < -0.4 is 15.1 Å². The van der Waals surface area contributed by atoms with Crippen molar-refractivity contribution in [3.63, 3.8) is 0 Å². The third-order valence-electron chi connectivity index (χ3n) is 5.96. The van der Waals surface area contributed by atoms with Gasteiger partial charge in [-0.3, -0.25) is 14.5 Å². The molecule has 0 spiro atoms. The van der Waals surface area contributed by atoms with Crippen LogP contribution in [0.2, 0.25) is 0 Å². The molecule has 4 aromatic rings. The summed E-state index contributed by atoms with van der Waals surface area (Å²) in [6, 6.07) is 19.7. The van der Waals surface area contributed by atoms with Crippen LogP contribution >= 0.6 is 0 Å². The van der Waals surface area contributed by atoms with E-state index < -0.39 is 6.04 Å². The summed E-state index contributed by atoms with van der Waals surface area (Å²) in [6.07, 6.45) is 0. The molecule has 3 aromatic carbocycles. The highest BCUT2D eigenvalue weighted by molar-refractivity contribution is 6.10. The van der Waals surface area contributed by atoms with E-state index in [1.165, 1.54) is 0 Å². The van der Waals surface area contributed by atoms with Crippen LogP contribution in [0, 0.1) is 13.8 Å². The average molecular weight is 411 g/mol. The zero-order valence-corrected chi connectivity index (χ0v) is 17.5. The summed E-state index contributed by atoms with van der Waals surface area (Å²) in [5.74, 6) is 0.423. The van der Waals surface area contributed by atoms with Gasteiger partial charge in [-0.2, -0.15) is 0 Å². The van der Waals surface area contributed by atoms with Gasteiger partial charge in [0.05, 0.1) is 24.1 Å². The molecule has 0 bridgehead atoms. The molecule has 0 aliphatic carbocycles. The van der Waals surface area contributed by atoms with Gasteiger partial charge >= 0.3 is 0 Å². The van der Waals surface area contributed by atoms with E-state index in [4.69, 9.17) is 9.15 Å². The Bertz CT molecular complexity index is 1400. The lowest BCUT2D eigenvalue weighted by Gasteiger charge is -2.26. The van der Waals surface area contributed by atoms with Crippen molar-refractivity contribution in [1.29, 1.82) is 0 Å². The van der Waals surface area contributed by atoms with Gasteiger partial charge in [-0.25, -0.2) is 0 Å². The quantitative estimate of drug-likeness (QED) is 0.467. The number of benzene rings is 3. The largest absolute Gasteiger partial charge is 0.497 e. The predicted molar refractivity (Wildman–Crippen MR) is 120 cm³/mol. The molecule has 5 heteroatoms. The highest BCUT2D eigenvalue weighted by Gasteiger charge is 2.43. The summed E-state index contributed by atoms with van der Waals surface area (Å²) in [5.41, 5.74) is 4.27. The second-order valence-corrected chi connectivity index (χ2v) is 7.79. The van der Waals surface area contributed by atoms with Gasteiger partial charge in [0.2, 0.25) is 5.76 Å². The van der Waals surface area contributed by atoms with Crippen molar-refractivity contribution in [3.05, 3.63) is 105 Å². The van der Waals surface area contributed by atoms with E-state index in [9.17, 15) is 9.59 Å². The lowest BCUT2D eigenvalue weighted by atomic mass is 9.97. The van der Waals surface area contributed by atoms with E-state index in [2.05, 4.69) is 0 Å². The molecule has 0 fully saturated rings. The Labute approximate surface area is 179 Å². The molecule has 1 aromatic heterocycles. The molecule has 5 rings (SSSR count). The highest BCUT2D eigenvalue weighted by Crippen LogP contribution is 2.42. The first-order chi connectivity index (χ1) is 15.0. The maximum atomic E-state index is 13.6. The van der Waals surface area contributed by atoms with E-state index in [1.807, 2.05) is 56.3 Å². The number of methoxy groups -OCH3 is 1. The lowest BCUT2D eigenvalue weighted by Crippen LogP contribution is -2.29. The number of hydrogen-bond donors (Lipinski definition) is 0. The molecule has 5 nitrogen and oxygen atoms in total. The van der Waals surface area contributed by atoms with Gasteiger partial charge < -0.3 is 9.15 Å². The Morgan fingerprint density at radius 1 is 0.903 bits per heavy atom. The minimum absolute atomic E-state index is 0.0924. The Balaban J connectivity index is 1.82. The standard InChI is InChI=1S/C26H21NO4/c1-15-11-12-18(13-16(15)2)27-23(17-7-6-8-19(14-17)30-3)22-24(28)20-9-4-5-10-21(20)31-25(22)26(27)29/h4-14,23H,1-3H3. The SMILES string of the molecule is COc1cccc(C2c3c(oc4ccccc4c3=O)C(=O)N2c2ccc(C)c(C)c2)c1. The molecule has 1 unspecified atom stereocenters. The number of amides is 1. The molecule has 1 aliphatic heterocycles. The smallest absolute Gasteiger partial charge is 0.295 e. The van der Waals surface area contributed by atoms with Crippen LogP contribution in [0.25, 0.3) is 11.0 Å². The molecule has 154 valence electrons. The van der Waals surface area contributed by atoms with Gasteiger partial charge in [-0.15, -0.1) is 0 Å². The average Bonchev–Trinajstić information content (AvgIpc) is 3.08. The van der Waals surface area contributed by atoms with E-state index >= 15 is 0 Å². The molecule has 0 N–H and O–H groups in total. The maximum Gasteiger partial charge on any atom is 0.295 e. The number of rotatable bonds is 3. The van der Waals surface area contributed by atoms with Gasteiger partial charge in [0.15, 0.2) is 5.43 Å². The predicted octanol–water partition coefficient (Wildman–Crippen LogP) is 5.17. The zero-order valence-electron chi connectivity index (χ0n) is 17.5. The molecule has 31 heavy (non-hydrogen) atoms. The van der Waals surface area contributed by atoms with Crippen molar-refractivity contribution in [2.24, 2.45) is 0 Å². The Hall–Kier alpha value is -3.86. The first-order valence-corrected chi connectivity index (χ1v) is 10.1. The van der Waals surface area contributed by atoms with Crippen molar-refractivity contribution >= 4 is 22.6 Å². The maximum absolute atomic E-state index is 13.6. The fourth-order valence-corrected chi connectivity index (χ4v) is 4.19. The molecule has 2 heterocycles. The number of hydrogen-bond acceptors (Lipinski definition) is 4. The molecule has 1 aliphatic rings. The van der Waals surface area contributed by atoms with Crippen LogP contribution in [0.1, 0.15) is 38.9 Å². The summed E-state index contributed by atoms with van der Waals surface area (Å²) < 4.78 is 11.4. The zero-order chi connectivity index (χ0) is 21.7. The third-order valence-corrected chi connectivity index (χ3v) is 5.96. The molecule has 0 saturated heterocycles. The Kier molecular flexibility index (Phi) is 4.40. The van der Waals surface area contributed by atoms with Crippen LogP contribution in [0.4, 0.5) is 5.69 Å². The Morgan fingerprint density at radius 2 is 1.71 bits per heavy atom. The van der Waals surface area contributed by atoms with Crippen LogP contribution in [0.5, 0.6) is 5.75 Å². The second kappa shape index (κ2) is 7.13. The normalized spacial score (nSPS) is 15.4. The van der Waals surface area contributed by atoms with E-state index in [-0.39, 0.29) is 17.1 Å². The van der Waals surface area contributed by atoms with E-state index in [0.717, 1.165) is 22.4 Å². The van der Waals surface area contributed by atoms with Crippen molar-refractivity contribution in [2.45, 2.75) is 19.9 Å². The number of fused-ring (bicyclic) bond motifs is 2. The minimum Gasteiger partial charge on any atom is -0.497 e. The van der Waals surface area contributed by atoms with Crippen LogP contribution in [0.15, 0.2) is 75.9 Å². The van der Waals surface area contributed by atoms with Crippen molar-refractivity contribution in [3.8, 4) is 5.75 Å². The molecular weight excluding hydrogens is 390 g/mol. The van der Waals surface area contributed by atoms with Gasteiger partial charge in [0, 0.05) is 5.69 Å². The van der Waals surface area contributed by atoms with Crippen LogP contribution in [0.3, 0.4) is 0 Å². The number of anilines is 1. The van der Waals surface area contributed by atoms with Gasteiger partial charge in [-0.05, 0) is 66.9 Å². The molecule has 0 saturated carbocycles. The Morgan fingerprint density at radius 3 is 2.48 bits per heavy atom. The van der Waals surface area contributed by atoms with E-state index in [0.29, 0.717) is 22.3 Å². The number of nitrogens with zero attached hydrogens (tertiary/aromatic N) is 1. The highest BCUT2D eigenvalue weighted by atomic mass is 16.5. The number of carbonyl (C=O) groups is 1. The van der Waals surface area contributed by atoms with Crippen molar-refractivity contribution < 1.29 is 13.9 Å². The number of para-hydroxylation sites is 1. The monoisotopic (exact) mass is 411 g/mol. The number of ether oxygens (including phenoxy) is 1. The second-order valence-electron chi connectivity index (χ2n) is 7.79. The fourth-order valence-electron chi connectivity index (χ4n) is 4.19. The van der Waals surface area contributed by atoms with Gasteiger partial charge in [0.25, 0.3) is 5.91 Å². The summed E-state index contributed by atoms with van der Waals surface area (Å²) in [4.78, 5) is 28.8. The summed E-state index contributed by atoms with van der Waals surface area (Å²) in [7, 11) is 1.59. The first kappa shape index (κ1) is 19.1.